The Labute approximate surface area is 232 Å². The Bertz CT molecular complexity index is 1420. The number of nitrogens with zero attached hydrogens (tertiary/aromatic N) is 3. The van der Waals surface area contributed by atoms with Crippen LogP contribution in [0, 0.1) is 0 Å². The van der Waals surface area contributed by atoms with Gasteiger partial charge >= 0.3 is 0 Å². The van der Waals surface area contributed by atoms with Crippen LogP contribution in [0.1, 0.15) is 24.2 Å². The number of hydrogen-bond donors (Lipinski definition) is 1. The highest BCUT2D eigenvalue weighted by Gasteiger charge is 2.25. The Balaban J connectivity index is 0.00000380. The molecule has 4 rings (SSSR count). The van der Waals surface area contributed by atoms with Crippen molar-refractivity contribution < 1.29 is 13.2 Å². The number of sulfonamides is 1. The van der Waals surface area contributed by atoms with Gasteiger partial charge in [-0.2, -0.15) is 0 Å². The van der Waals surface area contributed by atoms with Crippen molar-refractivity contribution in [1.82, 2.24) is 9.88 Å². The van der Waals surface area contributed by atoms with Crippen LogP contribution in [0.25, 0.3) is 10.2 Å². The molecule has 1 amide bonds. The number of halogens is 2. The largest absolute Gasteiger partial charge is 0.302 e. The number of rotatable bonds is 10. The molecule has 1 aromatic heterocycles. The monoisotopic (exact) mass is 578 g/mol. The Morgan fingerprint density at radius 3 is 2.27 bits per heavy atom. The summed E-state index contributed by atoms with van der Waals surface area (Å²) in [4.78, 5) is 22.5. The van der Waals surface area contributed by atoms with E-state index in [0.29, 0.717) is 23.2 Å². The van der Waals surface area contributed by atoms with Crippen LogP contribution in [-0.4, -0.2) is 50.4 Å². The molecule has 0 spiro atoms. The second-order valence-corrected chi connectivity index (χ2v) is 11.2. The summed E-state index contributed by atoms with van der Waals surface area (Å²) >= 11 is 7.35. The van der Waals surface area contributed by atoms with Gasteiger partial charge in [0.05, 0.1) is 26.4 Å². The summed E-state index contributed by atoms with van der Waals surface area (Å²) < 4.78 is 29.6. The smallest absolute Gasteiger partial charge is 0.262 e. The molecule has 196 valence electrons. The third kappa shape index (κ3) is 6.80. The fraction of sp³-hybridized carbons (Fsp3) is 0.231. The lowest BCUT2D eigenvalue weighted by Crippen LogP contribution is -2.39. The molecule has 37 heavy (non-hydrogen) atoms. The van der Waals surface area contributed by atoms with Crippen molar-refractivity contribution >= 4 is 72.3 Å². The van der Waals surface area contributed by atoms with Crippen LogP contribution in [0.5, 0.6) is 0 Å². The molecule has 0 aliphatic rings. The van der Waals surface area contributed by atoms with E-state index in [4.69, 9.17) is 16.6 Å². The Morgan fingerprint density at radius 2 is 1.59 bits per heavy atom. The molecule has 3 aromatic carbocycles. The summed E-state index contributed by atoms with van der Waals surface area (Å²) in [6.07, 6.45) is 0. The summed E-state index contributed by atoms with van der Waals surface area (Å²) in [7, 11) is -3.93. The molecule has 0 aliphatic carbocycles. The first kappa shape index (κ1) is 28.9. The number of amides is 1. The van der Waals surface area contributed by atoms with Crippen molar-refractivity contribution in [3.05, 3.63) is 83.4 Å². The van der Waals surface area contributed by atoms with Crippen molar-refractivity contribution in [3.63, 3.8) is 0 Å². The molecule has 0 unspecified atom stereocenters. The van der Waals surface area contributed by atoms with Crippen LogP contribution < -0.4 is 9.62 Å². The van der Waals surface area contributed by atoms with Gasteiger partial charge in [0.25, 0.3) is 15.9 Å². The van der Waals surface area contributed by atoms with Crippen molar-refractivity contribution in [1.29, 1.82) is 0 Å². The van der Waals surface area contributed by atoms with Gasteiger partial charge in [-0.05, 0) is 61.6 Å². The van der Waals surface area contributed by atoms with Gasteiger partial charge in [-0.3, -0.25) is 14.4 Å². The van der Waals surface area contributed by atoms with Gasteiger partial charge in [-0.1, -0.05) is 61.1 Å². The SMILES string of the molecule is CCN(CC)CCN(C(=O)c1ccccc1NS(=O)(=O)c1ccc(Cl)cc1)c1nc2ccccc2s1.Cl. The van der Waals surface area contributed by atoms with E-state index < -0.39 is 10.0 Å². The van der Waals surface area contributed by atoms with E-state index in [2.05, 4.69) is 23.5 Å². The molecule has 0 saturated carbocycles. The maximum Gasteiger partial charge on any atom is 0.262 e. The minimum absolute atomic E-state index is 0. The molecule has 11 heteroatoms. The van der Waals surface area contributed by atoms with E-state index in [1.165, 1.54) is 35.6 Å². The van der Waals surface area contributed by atoms with Crippen molar-refractivity contribution in [2.75, 3.05) is 35.8 Å². The number of aromatic nitrogens is 1. The molecule has 1 heterocycles. The summed E-state index contributed by atoms with van der Waals surface area (Å²) in [6, 6.07) is 20.2. The molecular formula is C26H28Cl2N4O3S2. The van der Waals surface area contributed by atoms with E-state index in [-0.39, 0.29) is 34.5 Å². The standard InChI is InChI=1S/C26H27ClN4O3S2.ClH/c1-3-30(4-2)17-18-31(26-28-23-11-7-8-12-24(23)35-26)25(32)21-9-5-6-10-22(21)29-36(33,34)20-15-13-19(27)14-16-20;/h5-16,29H,3-4,17-18H2,1-2H3;1H. The van der Waals surface area contributed by atoms with Gasteiger partial charge in [-0.15, -0.1) is 12.4 Å². The Kier molecular flexibility index (Phi) is 9.92. The third-order valence-electron chi connectivity index (χ3n) is 5.82. The van der Waals surface area contributed by atoms with Gasteiger partial charge in [0.1, 0.15) is 0 Å². The molecule has 0 fully saturated rings. The first-order valence-corrected chi connectivity index (χ1v) is 14.3. The number of anilines is 2. The van der Waals surface area contributed by atoms with Crippen molar-refractivity contribution in [2.45, 2.75) is 18.7 Å². The number of likely N-dealkylation sites (N-methyl/N-ethyl adjacent to an activating group) is 1. The number of benzene rings is 3. The first-order chi connectivity index (χ1) is 17.3. The topological polar surface area (TPSA) is 82.6 Å². The summed E-state index contributed by atoms with van der Waals surface area (Å²) in [5.74, 6) is -0.324. The fourth-order valence-electron chi connectivity index (χ4n) is 3.76. The van der Waals surface area contributed by atoms with E-state index in [1.807, 2.05) is 24.3 Å². The van der Waals surface area contributed by atoms with Gasteiger partial charge in [0, 0.05) is 18.1 Å². The molecule has 1 N–H and O–H groups in total. The summed E-state index contributed by atoms with van der Waals surface area (Å²) in [5, 5.41) is 1.01. The van der Waals surface area contributed by atoms with Crippen molar-refractivity contribution in [2.24, 2.45) is 0 Å². The number of para-hydroxylation sites is 2. The molecule has 0 aliphatic heterocycles. The molecule has 0 atom stereocenters. The lowest BCUT2D eigenvalue weighted by atomic mass is 10.1. The second-order valence-electron chi connectivity index (χ2n) is 8.05. The minimum Gasteiger partial charge on any atom is -0.302 e. The van der Waals surface area contributed by atoms with Crippen LogP contribution in [-0.2, 0) is 10.0 Å². The average Bonchev–Trinajstić information content (AvgIpc) is 3.30. The quantitative estimate of drug-likeness (QED) is 0.243. The predicted molar refractivity (Wildman–Crippen MR) is 155 cm³/mol. The number of fused-ring (bicyclic) bond motifs is 1. The molecule has 0 radical (unpaired) electrons. The second kappa shape index (κ2) is 12.7. The van der Waals surface area contributed by atoms with E-state index in [0.717, 1.165) is 23.3 Å². The van der Waals surface area contributed by atoms with E-state index in [9.17, 15) is 13.2 Å². The summed E-state index contributed by atoms with van der Waals surface area (Å²) in [5.41, 5.74) is 1.26. The lowest BCUT2D eigenvalue weighted by Gasteiger charge is -2.25. The Hall–Kier alpha value is -2.69. The fourth-order valence-corrected chi connectivity index (χ4v) is 5.96. The number of carbonyl (C=O) groups is 1. The highest BCUT2D eigenvalue weighted by Crippen LogP contribution is 2.31. The van der Waals surface area contributed by atoms with Crippen LogP contribution in [0.15, 0.2) is 77.7 Å². The number of hydrogen-bond acceptors (Lipinski definition) is 6. The summed E-state index contributed by atoms with van der Waals surface area (Å²) in [6.45, 7) is 6.94. The first-order valence-electron chi connectivity index (χ1n) is 11.6. The molecule has 0 bridgehead atoms. The van der Waals surface area contributed by atoms with E-state index in [1.54, 1.807) is 29.2 Å². The highest BCUT2D eigenvalue weighted by atomic mass is 35.5. The number of thiazole rings is 1. The van der Waals surface area contributed by atoms with Crippen LogP contribution >= 0.6 is 35.3 Å². The number of carbonyl (C=O) groups excluding carboxylic acids is 1. The molecule has 7 nitrogen and oxygen atoms in total. The minimum atomic E-state index is -3.93. The van der Waals surface area contributed by atoms with Crippen molar-refractivity contribution in [3.8, 4) is 0 Å². The zero-order chi connectivity index (χ0) is 25.7. The van der Waals surface area contributed by atoms with Gasteiger partial charge < -0.3 is 4.90 Å². The molecular weight excluding hydrogens is 551 g/mol. The van der Waals surface area contributed by atoms with Gasteiger partial charge in [0.2, 0.25) is 0 Å². The lowest BCUT2D eigenvalue weighted by molar-refractivity contribution is 0.0984. The molecule has 0 saturated heterocycles. The van der Waals surface area contributed by atoms with E-state index >= 15 is 0 Å². The third-order valence-corrected chi connectivity index (χ3v) is 8.51. The highest BCUT2D eigenvalue weighted by molar-refractivity contribution is 7.92. The molecule has 4 aromatic rings. The number of nitrogens with one attached hydrogen (secondary N) is 1. The Morgan fingerprint density at radius 1 is 0.946 bits per heavy atom. The van der Waals surface area contributed by atoms with Gasteiger partial charge in [0.15, 0.2) is 5.13 Å². The zero-order valence-electron chi connectivity index (χ0n) is 20.4. The average molecular weight is 580 g/mol. The van der Waals surface area contributed by atoms with Gasteiger partial charge in [-0.25, -0.2) is 13.4 Å². The maximum absolute atomic E-state index is 13.9. The maximum atomic E-state index is 13.9. The predicted octanol–water partition coefficient (Wildman–Crippen LogP) is 6.16. The van der Waals surface area contributed by atoms with Crippen LogP contribution in [0.2, 0.25) is 5.02 Å². The van der Waals surface area contributed by atoms with Crippen LogP contribution in [0.3, 0.4) is 0 Å². The normalized spacial score (nSPS) is 11.4. The van der Waals surface area contributed by atoms with Crippen LogP contribution in [0.4, 0.5) is 10.8 Å². The zero-order valence-corrected chi connectivity index (χ0v) is 23.6.